The predicted molar refractivity (Wildman–Crippen MR) is 219 cm³/mol. The maximum Gasteiger partial charge on any atom is 0.417 e. The molecule has 0 bridgehead atoms. The molecule has 0 fully saturated rings. The molecule has 0 aliphatic rings. The summed E-state index contributed by atoms with van der Waals surface area (Å²) >= 11 is 0. The third kappa shape index (κ3) is 5.33. The molecule has 0 N–H and O–H groups in total. The molecule has 0 radical (unpaired) electrons. The molecule has 9 rings (SSSR count). The van der Waals surface area contributed by atoms with Crippen LogP contribution in [0.25, 0.3) is 77.2 Å². The number of aryl methyl sites for hydroxylation is 5. The number of nitrogens with zero attached hydrogens (tertiary/aromatic N) is 3. The van der Waals surface area contributed by atoms with Gasteiger partial charge in [-0.15, -0.1) is 0 Å². The first-order valence-corrected chi connectivity index (χ1v) is 18.3. The van der Waals surface area contributed by atoms with Gasteiger partial charge in [-0.25, -0.2) is 0 Å². The lowest BCUT2D eigenvalue weighted by Crippen LogP contribution is -2.10. The van der Waals surface area contributed by atoms with Crippen LogP contribution in [0.3, 0.4) is 0 Å². The van der Waals surface area contributed by atoms with Gasteiger partial charge in [0.15, 0.2) is 0 Å². The third-order valence-corrected chi connectivity index (χ3v) is 10.9. The normalized spacial score (nSPS) is 12.0. The minimum atomic E-state index is -4.63. The first-order valence-electron chi connectivity index (χ1n) is 18.3. The summed E-state index contributed by atoms with van der Waals surface area (Å²) < 4.78 is 49.7. The Balaban J connectivity index is 1.52. The lowest BCUT2D eigenvalue weighted by Gasteiger charge is -2.24. The molecule has 0 amide bonds. The van der Waals surface area contributed by atoms with E-state index in [2.05, 4.69) is 116 Å². The highest BCUT2D eigenvalue weighted by molar-refractivity contribution is 6.13. The van der Waals surface area contributed by atoms with Crippen LogP contribution in [0, 0.1) is 45.9 Å². The Labute approximate surface area is 317 Å². The fraction of sp³-hybridized carbons (Fsp3) is 0.122. The number of aromatic nitrogens is 2. The van der Waals surface area contributed by atoms with E-state index in [0.29, 0.717) is 39.2 Å². The quantitative estimate of drug-likeness (QED) is 0.178. The molecule has 0 aliphatic heterocycles. The second kappa shape index (κ2) is 12.5. The van der Waals surface area contributed by atoms with Crippen molar-refractivity contribution < 1.29 is 13.2 Å². The number of fused-ring (bicyclic) bond motifs is 6. The molecular formula is C49H36F3N3. The largest absolute Gasteiger partial charge is 0.417 e. The lowest BCUT2D eigenvalue weighted by atomic mass is 9.85. The Morgan fingerprint density at radius 1 is 0.473 bits per heavy atom. The van der Waals surface area contributed by atoms with Crippen LogP contribution >= 0.6 is 0 Å². The van der Waals surface area contributed by atoms with Crippen LogP contribution in [-0.2, 0) is 6.18 Å². The maximum atomic E-state index is 15.1. The van der Waals surface area contributed by atoms with E-state index < -0.39 is 11.7 Å². The first kappa shape index (κ1) is 34.2. The number of halogens is 3. The van der Waals surface area contributed by atoms with Crippen molar-refractivity contribution in [1.82, 2.24) is 9.13 Å². The van der Waals surface area contributed by atoms with Crippen LogP contribution < -0.4 is 0 Å². The van der Waals surface area contributed by atoms with E-state index in [9.17, 15) is 5.26 Å². The summed E-state index contributed by atoms with van der Waals surface area (Å²) in [5.41, 5.74) is 11.2. The van der Waals surface area contributed by atoms with Gasteiger partial charge in [0.2, 0.25) is 0 Å². The summed E-state index contributed by atoms with van der Waals surface area (Å²) in [5, 5.41) is 15.2. The van der Waals surface area contributed by atoms with Crippen molar-refractivity contribution >= 4 is 43.6 Å². The Morgan fingerprint density at radius 3 is 1.33 bits per heavy atom. The molecular weight excluding hydrogens is 688 g/mol. The molecule has 3 nitrogen and oxygen atoms in total. The molecule has 0 saturated heterocycles. The van der Waals surface area contributed by atoms with Gasteiger partial charge in [0, 0.05) is 32.7 Å². The average Bonchev–Trinajstić information content (AvgIpc) is 3.64. The molecule has 0 unspecified atom stereocenters. The fourth-order valence-corrected chi connectivity index (χ4v) is 8.56. The van der Waals surface area contributed by atoms with Crippen molar-refractivity contribution in [2.24, 2.45) is 0 Å². The zero-order valence-electron chi connectivity index (χ0n) is 31.1. The number of hydrogen-bond acceptors (Lipinski definition) is 1. The highest BCUT2D eigenvalue weighted by atomic mass is 19.4. The summed E-state index contributed by atoms with van der Waals surface area (Å²) in [6.07, 6.45) is -4.63. The van der Waals surface area contributed by atoms with Gasteiger partial charge in [-0.05, 0) is 124 Å². The first-order chi connectivity index (χ1) is 26.4. The van der Waals surface area contributed by atoms with Gasteiger partial charge >= 0.3 is 6.18 Å². The summed E-state index contributed by atoms with van der Waals surface area (Å²) in [6.45, 7) is 9.98. The van der Waals surface area contributed by atoms with E-state index in [1.807, 2.05) is 24.3 Å². The number of alkyl halides is 3. The molecule has 55 heavy (non-hydrogen) atoms. The Hall–Kier alpha value is -6.58. The molecule has 6 heteroatoms. The van der Waals surface area contributed by atoms with Crippen LogP contribution in [0.2, 0.25) is 0 Å². The van der Waals surface area contributed by atoms with Crippen LogP contribution in [0.5, 0.6) is 0 Å². The van der Waals surface area contributed by atoms with Crippen molar-refractivity contribution in [2.45, 2.75) is 40.8 Å². The summed E-state index contributed by atoms with van der Waals surface area (Å²) in [4.78, 5) is 0. The number of rotatable bonds is 4. The summed E-state index contributed by atoms with van der Waals surface area (Å²) in [6, 6.07) is 43.3. The topological polar surface area (TPSA) is 33.6 Å². The molecule has 9 aromatic rings. The second-order valence-corrected chi connectivity index (χ2v) is 14.8. The standard InChI is InChI=1S/C49H36F3N3/c1-28-15-19-40-35(23-28)36-24-29(2)16-20-41(36)54(40)44-13-7-10-33(27-53)47(44)48-34(46-32(5)9-6-12-39(46)49(50,51)52)11-8-14-45(48)55-42-21-17-30(3)25-37(42)38-26-31(4)18-22-43(38)55/h6-26H,1-5H3. The van der Waals surface area contributed by atoms with E-state index in [1.54, 1.807) is 25.1 Å². The smallest absolute Gasteiger partial charge is 0.309 e. The molecule has 0 aliphatic carbocycles. The van der Waals surface area contributed by atoms with Crippen molar-refractivity contribution in [1.29, 1.82) is 5.26 Å². The highest BCUT2D eigenvalue weighted by Gasteiger charge is 2.36. The van der Waals surface area contributed by atoms with Gasteiger partial charge in [0.1, 0.15) is 0 Å². The monoisotopic (exact) mass is 723 g/mol. The maximum absolute atomic E-state index is 15.1. The van der Waals surface area contributed by atoms with Crippen LogP contribution in [0.4, 0.5) is 13.2 Å². The number of benzene rings is 7. The van der Waals surface area contributed by atoms with Crippen molar-refractivity contribution in [3.05, 3.63) is 166 Å². The molecule has 268 valence electrons. The summed E-state index contributed by atoms with van der Waals surface area (Å²) in [7, 11) is 0. The van der Waals surface area contributed by atoms with Crippen molar-refractivity contribution in [3.63, 3.8) is 0 Å². The molecule has 0 saturated carbocycles. The molecule has 0 atom stereocenters. The molecule has 2 aromatic heterocycles. The van der Waals surface area contributed by atoms with E-state index in [0.717, 1.165) is 71.9 Å². The Bertz CT molecular complexity index is 2980. The SMILES string of the molecule is Cc1ccc2c(c1)c1cc(C)ccc1n2-c1cccc(C#N)c1-c1c(-c2c(C)cccc2C(F)(F)F)cccc1-n1c2ccc(C)cc2c2cc(C)ccc21. The van der Waals surface area contributed by atoms with E-state index in [-0.39, 0.29) is 5.56 Å². The number of nitriles is 1. The summed E-state index contributed by atoms with van der Waals surface area (Å²) in [5.74, 6) is 0. The average molecular weight is 724 g/mol. The van der Waals surface area contributed by atoms with E-state index in [4.69, 9.17) is 0 Å². The van der Waals surface area contributed by atoms with Gasteiger partial charge in [-0.2, -0.15) is 18.4 Å². The number of hydrogen-bond donors (Lipinski definition) is 0. The minimum Gasteiger partial charge on any atom is -0.309 e. The molecule has 0 spiro atoms. The zero-order chi connectivity index (χ0) is 38.3. The zero-order valence-corrected chi connectivity index (χ0v) is 31.1. The highest BCUT2D eigenvalue weighted by Crippen LogP contribution is 2.49. The third-order valence-electron chi connectivity index (χ3n) is 10.9. The molecule has 2 heterocycles. The van der Waals surface area contributed by atoms with Gasteiger partial charge in [0.05, 0.1) is 50.6 Å². The van der Waals surface area contributed by atoms with Gasteiger partial charge in [-0.1, -0.05) is 76.9 Å². The van der Waals surface area contributed by atoms with Crippen molar-refractivity contribution in [3.8, 4) is 39.7 Å². The van der Waals surface area contributed by atoms with Gasteiger partial charge in [-0.3, -0.25) is 0 Å². The van der Waals surface area contributed by atoms with Crippen LogP contribution in [-0.4, -0.2) is 9.13 Å². The van der Waals surface area contributed by atoms with Crippen molar-refractivity contribution in [2.75, 3.05) is 0 Å². The minimum absolute atomic E-state index is 0.0893. The van der Waals surface area contributed by atoms with Crippen LogP contribution in [0.15, 0.2) is 127 Å². The molecule has 7 aromatic carbocycles. The van der Waals surface area contributed by atoms with Gasteiger partial charge < -0.3 is 9.13 Å². The Morgan fingerprint density at radius 2 is 0.891 bits per heavy atom. The second-order valence-electron chi connectivity index (χ2n) is 14.8. The van der Waals surface area contributed by atoms with Crippen LogP contribution in [0.1, 0.15) is 38.9 Å². The predicted octanol–water partition coefficient (Wildman–Crippen LogP) is 13.6. The Kier molecular flexibility index (Phi) is 7.77. The van der Waals surface area contributed by atoms with E-state index >= 15 is 13.2 Å². The van der Waals surface area contributed by atoms with E-state index in [1.165, 1.54) is 6.07 Å². The van der Waals surface area contributed by atoms with Gasteiger partial charge in [0.25, 0.3) is 0 Å². The fourth-order valence-electron chi connectivity index (χ4n) is 8.56. The lowest BCUT2D eigenvalue weighted by molar-refractivity contribution is -0.137.